The van der Waals surface area contributed by atoms with Crippen molar-refractivity contribution in [3.63, 3.8) is 0 Å². The molecule has 8 nitrogen and oxygen atoms in total. The van der Waals surface area contributed by atoms with Gasteiger partial charge in [0.2, 0.25) is 11.7 Å². The smallest absolute Gasteiger partial charge is 0.255 e. The van der Waals surface area contributed by atoms with Crippen molar-refractivity contribution < 1.29 is 18.8 Å². The molecule has 0 spiro atoms. The van der Waals surface area contributed by atoms with Crippen LogP contribution in [0.15, 0.2) is 28.8 Å². The van der Waals surface area contributed by atoms with E-state index in [-0.39, 0.29) is 17.9 Å². The van der Waals surface area contributed by atoms with Crippen LogP contribution in [0.5, 0.6) is 5.75 Å². The summed E-state index contributed by atoms with van der Waals surface area (Å²) in [5.74, 6) is 1.24. The fourth-order valence-corrected chi connectivity index (χ4v) is 3.32. The molecular weight excluding hydrogens is 348 g/mol. The molecule has 1 aromatic heterocycles. The minimum atomic E-state index is -0.163. The van der Waals surface area contributed by atoms with Crippen LogP contribution in [0.2, 0.25) is 0 Å². The molecule has 27 heavy (non-hydrogen) atoms. The standard InChI is InChI=1S/C19H26N4O4/c1-14-22-17(23-27-14)11-26-16-6-4-3-5-15(16)18(24)21-12-19(13-25-2)7-9-20-10-8-19/h3-6,20H,7-13H2,1-2H3,(H,21,24). The quantitative estimate of drug-likeness (QED) is 0.726. The zero-order chi connectivity index (χ0) is 19.1. The van der Waals surface area contributed by atoms with Crippen LogP contribution in [0, 0.1) is 12.3 Å². The molecule has 2 aromatic rings. The van der Waals surface area contributed by atoms with E-state index in [0.29, 0.717) is 36.2 Å². The van der Waals surface area contributed by atoms with Crippen LogP contribution in [0.25, 0.3) is 0 Å². The second-order valence-corrected chi connectivity index (χ2v) is 6.88. The number of nitrogens with one attached hydrogen (secondary N) is 2. The molecule has 8 heteroatoms. The highest BCUT2D eigenvalue weighted by Crippen LogP contribution is 2.28. The van der Waals surface area contributed by atoms with Crippen LogP contribution in [-0.2, 0) is 11.3 Å². The molecule has 146 valence electrons. The Morgan fingerprint density at radius 3 is 2.81 bits per heavy atom. The number of aromatic nitrogens is 2. The molecule has 0 aliphatic carbocycles. The van der Waals surface area contributed by atoms with Crippen molar-refractivity contribution in [3.8, 4) is 5.75 Å². The lowest BCUT2D eigenvalue weighted by Crippen LogP contribution is -2.47. The monoisotopic (exact) mass is 374 g/mol. The van der Waals surface area contributed by atoms with E-state index in [0.717, 1.165) is 25.9 Å². The summed E-state index contributed by atoms with van der Waals surface area (Å²) in [4.78, 5) is 16.9. The van der Waals surface area contributed by atoms with Crippen molar-refractivity contribution in [3.05, 3.63) is 41.5 Å². The largest absolute Gasteiger partial charge is 0.485 e. The molecular formula is C19H26N4O4. The fourth-order valence-electron chi connectivity index (χ4n) is 3.32. The van der Waals surface area contributed by atoms with Crippen LogP contribution in [0.4, 0.5) is 0 Å². The number of para-hydroxylation sites is 1. The van der Waals surface area contributed by atoms with E-state index in [1.54, 1.807) is 26.2 Å². The van der Waals surface area contributed by atoms with E-state index >= 15 is 0 Å². The summed E-state index contributed by atoms with van der Waals surface area (Å²) in [6.45, 7) is 4.92. The van der Waals surface area contributed by atoms with Crippen LogP contribution >= 0.6 is 0 Å². The summed E-state index contributed by atoms with van der Waals surface area (Å²) in [5.41, 5.74) is 0.451. The predicted octanol–water partition coefficient (Wildman–Crippen LogP) is 1.70. The van der Waals surface area contributed by atoms with Crippen molar-refractivity contribution in [1.29, 1.82) is 0 Å². The SMILES string of the molecule is COCC1(CNC(=O)c2ccccc2OCc2noc(C)n2)CCNCC1. The summed E-state index contributed by atoms with van der Waals surface area (Å²) in [6.07, 6.45) is 1.94. The summed E-state index contributed by atoms with van der Waals surface area (Å²) in [6, 6.07) is 7.15. The zero-order valence-electron chi connectivity index (χ0n) is 15.8. The number of nitrogens with zero attached hydrogens (tertiary/aromatic N) is 2. The van der Waals surface area contributed by atoms with Crippen molar-refractivity contribution in [1.82, 2.24) is 20.8 Å². The molecule has 1 aliphatic heterocycles. The lowest BCUT2D eigenvalue weighted by molar-refractivity contribution is 0.0511. The molecule has 2 N–H and O–H groups in total. The molecule has 0 saturated carbocycles. The molecule has 0 bridgehead atoms. The van der Waals surface area contributed by atoms with E-state index in [9.17, 15) is 4.79 Å². The Kier molecular flexibility index (Phi) is 6.41. The van der Waals surface area contributed by atoms with E-state index in [1.165, 1.54) is 0 Å². The van der Waals surface area contributed by atoms with Gasteiger partial charge in [-0.1, -0.05) is 17.3 Å². The Balaban J connectivity index is 1.63. The first-order valence-corrected chi connectivity index (χ1v) is 9.11. The van der Waals surface area contributed by atoms with Gasteiger partial charge in [0, 0.05) is 26.0 Å². The third kappa shape index (κ3) is 5.05. The topological polar surface area (TPSA) is 98.5 Å². The van der Waals surface area contributed by atoms with Gasteiger partial charge in [-0.15, -0.1) is 0 Å². The number of hydrogen-bond acceptors (Lipinski definition) is 7. The highest BCUT2D eigenvalue weighted by atomic mass is 16.5. The first kappa shape index (κ1) is 19.3. The molecule has 1 amide bonds. The molecule has 2 heterocycles. The van der Waals surface area contributed by atoms with Gasteiger partial charge >= 0.3 is 0 Å². The van der Waals surface area contributed by atoms with Gasteiger partial charge in [-0.25, -0.2) is 0 Å². The summed E-state index contributed by atoms with van der Waals surface area (Å²) < 4.78 is 16.1. The van der Waals surface area contributed by atoms with E-state index < -0.39 is 0 Å². The maximum Gasteiger partial charge on any atom is 0.255 e. The fraction of sp³-hybridized carbons (Fsp3) is 0.526. The first-order valence-electron chi connectivity index (χ1n) is 9.11. The summed E-state index contributed by atoms with van der Waals surface area (Å²) in [7, 11) is 1.70. The molecule has 0 unspecified atom stereocenters. The van der Waals surface area contributed by atoms with Gasteiger partial charge in [0.1, 0.15) is 5.75 Å². The lowest BCUT2D eigenvalue weighted by Gasteiger charge is -2.37. The van der Waals surface area contributed by atoms with Gasteiger partial charge in [0.15, 0.2) is 6.61 Å². The molecule has 1 saturated heterocycles. The predicted molar refractivity (Wildman–Crippen MR) is 98.6 cm³/mol. The van der Waals surface area contributed by atoms with Crippen molar-refractivity contribution in [2.45, 2.75) is 26.4 Å². The zero-order valence-corrected chi connectivity index (χ0v) is 15.8. The normalized spacial score (nSPS) is 16.1. The van der Waals surface area contributed by atoms with Gasteiger partial charge < -0.3 is 24.6 Å². The average Bonchev–Trinajstić information content (AvgIpc) is 3.11. The van der Waals surface area contributed by atoms with Gasteiger partial charge in [-0.3, -0.25) is 4.79 Å². The number of carbonyl (C=O) groups is 1. The van der Waals surface area contributed by atoms with Crippen molar-refractivity contribution in [2.75, 3.05) is 33.4 Å². The van der Waals surface area contributed by atoms with Gasteiger partial charge in [0.25, 0.3) is 5.91 Å². The number of benzene rings is 1. The van der Waals surface area contributed by atoms with Crippen molar-refractivity contribution >= 4 is 5.91 Å². The van der Waals surface area contributed by atoms with Gasteiger partial charge in [0.05, 0.1) is 12.2 Å². The highest BCUT2D eigenvalue weighted by molar-refractivity contribution is 5.96. The second kappa shape index (κ2) is 8.96. The number of methoxy groups -OCH3 is 1. The highest BCUT2D eigenvalue weighted by Gasteiger charge is 2.32. The Morgan fingerprint density at radius 1 is 1.33 bits per heavy atom. The van der Waals surface area contributed by atoms with Gasteiger partial charge in [-0.2, -0.15) is 4.98 Å². The van der Waals surface area contributed by atoms with Crippen LogP contribution in [-0.4, -0.2) is 49.4 Å². The molecule has 3 rings (SSSR count). The molecule has 0 radical (unpaired) electrons. The van der Waals surface area contributed by atoms with Crippen LogP contribution in [0.3, 0.4) is 0 Å². The molecule has 1 aromatic carbocycles. The Hall–Kier alpha value is -2.45. The molecule has 1 fully saturated rings. The maximum atomic E-state index is 12.8. The minimum Gasteiger partial charge on any atom is -0.485 e. The average molecular weight is 374 g/mol. The second-order valence-electron chi connectivity index (χ2n) is 6.88. The number of piperidine rings is 1. The molecule has 1 aliphatic rings. The van der Waals surface area contributed by atoms with Crippen LogP contribution in [0.1, 0.15) is 34.9 Å². The number of amides is 1. The van der Waals surface area contributed by atoms with E-state index in [1.807, 2.05) is 12.1 Å². The number of ether oxygens (including phenoxy) is 2. The number of hydrogen-bond donors (Lipinski definition) is 2. The maximum absolute atomic E-state index is 12.8. The Labute approximate surface area is 158 Å². The van der Waals surface area contributed by atoms with Gasteiger partial charge in [-0.05, 0) is 38.1 Å². The third-order valence-corrected chi connectivity index (χ3v) is 4.80. The Bertz CT molecular complexity index is 750. The van der Waals surface area contributed by atoms with E-state index in [2.05, 4.69) is 20.8 Å². The number of carbonyl (C=O) groups excluding carboxylic acids is 1. The Morgan fingerprint density at radius 2 is 2.11 bits per heavy atom. The van der Waals surface area contributed by atoms with Crippen LogP contribution < -0.4 is 15.4 Å². The lowest BCUT2D eigenvalue weighted by atomic mass is 9.79. The first-order chi connectivity index (χ1) is 13.1. The third-order valence-electron chi connectivity index (χ3n) is 4.80. The van der Waals surface area contributed by atoms with Crippen molar-refractivity contribution in [2.24, 2.45) is 5.41 Å². The van der Waals surface area contributed by atoms with E-state index in [4.69, 9.17) is 14.0 Å². The number of aryl methyl sites for hydroxylation is 1. The summed E-state index contributed by atoms with van der Waals surface area (Å²) >= 11 is 0. The number of rotatable bonds is 8. The molecule has 0 atom stereocenters. The minimum absolute atomic E-state index is 0.0341. The summed E-state index contributed by atoms with van der Waals surface area (Å²) in [5, 5.41) is 10.2.